The first-order valence-electron chi connectivity index (χ1n) is 6.82. The molecule has 1 saturated heterocycles. The van der Waals surface area contributed by atoms with Crippen LogP contribution in [-0.2, 0) is 14.8 Å². The molecule has 104 valence electrons. The number of carbonyl (C=O) groups excluding carboxylic acids is 1. The molecule has 1 aliphatic carbocycles. The first-order valence-corrected chi connectivity index (χ1v) is 8.42. The summed E-state index contributed by atoms with van der Waals surface area (Å²) < 4.78 is 25.5. The van der Waals surface area contributed by atoms with Crippen molar-refractivity contribution in [1.82, 2.24) is 9.62 Å². The maximum absolute atomic E-state index is 12.0. The Kier molecular flexibility index (Phi) is 4.27. The number of hydrogen-bond donors (Lipinski definition) is 1. The SMILES string of the molecule is CCCS(=O)(=O)N1CCC[C@H]1C(=O)NCC1CC1. The van der Waals surface area contributed by atoms with Crippen LogP contribution in [0.1, 0.15) is 39.0 Å². The summed E-state index contributed by atoms with van der Waals surface area (Å²) in [4.78, 5) is 12.0. The van der Waals surface area contributed by atoms with Crippen LogP contribution in [0, 0.1) is 5.92 Å². The van der Waals surface area contributed by atoms with Gasteiger partial charge in [-0.05, 0) is 38.0 Å². The molecule has 2 rings (SSSR count). The lowest BCUT2D eigenvalue weighted by Gasteiger charge is -2.23. The van der Waals surface area contributed by atoms with Crippen molar-refractivity contribution in [3.05, 3.63) is 0 Å². The second-order valence-corrected chi connectivity index (χ2v) is 7.31. The van der Waals surface area contributed by atoms with Crippen LogP contribution in [0.15, 0.2) is 0 Å². The lowest BCUT2D eigenvalue weighted by atomic mass is 10.2. The van der Waals surface area contributed by atoms with E-state index >= 15 is 0 Å². The summed E-state index contributed by atoms with van der Waals surface area (Å²) in [7, 11) is -3.25. The van der Waals surface area contributed by atoms with Crippen molar-refractivity contribution >= 4 is 15.9 Å². The maximum atomic E-state index is 12.0. The van der Waals surface area contributed by atoms with Gasteiger partial charge in [0.1, 0.15) is 6.04 Å². The van der Waals surface area contributed by atoms with E-state index in [-0.39, 0.29) is 11.7 Å². The minimum absolute atomic E-state index is 0.112. The van der Waals surface area contributed by atoms with E-state index in [0.717, 1.165) is 6.42 Å². The van der Waals surface area contributed by atoms with Gasteiger partial charge in [-0.25, -0.2) is 8.42 Å². The number of nitrogens with one attached hydrogen (secondary N) is 1. The lowest BCUT2D eigenvalue weighted by molar-refractivity contribution is -0.124. The minimum atomic E-state index is -3.25. The standard InChI is InChI=1S/C12H22N2O3S/c1-2-8-18(16,17)14-7-3-4-11(14)12(15)13-9-10-5-6-10/h10-11H,2-9H2,1H3,(H,13,15)/t11-/m0/s1. The molecule has 1 aliphatic heterocycles. The molecule has 1 heterocycles. The first-order chi connectivity index (χ1) is 8.54. The van der Waals surface area contributed by atoms with Crippen LogP contribution < -0.4 is 5.32 Å². The van der Waals surface area contributed by atoms with Gasteiger partial charge in [0.15, 0.2) is 0 Å². The Morgan fingerprint density at radius 3 is 2.67 bits per heavy atom. The Labute approximate surface area is 109 Å². The van der Waals surface area contributed by atoms with Gasteiger partial charge in [-0.15, -0.1) is 0 Å². The average molecular weight is 274 g/mol. The van der Waals surface area contributed by atoms with Gasteiger partial charge in [0.25, 0.3) is 0 Å². The molecule has 0 aromatic heterocycles. The zero-order valence-electron chi connectivity index (χ0n) is 10.9. The second-order valence-electron chi connectivity index (χ2n) is 5.27. The van der Waals surface area contributed by atoms with E-state index < -0.39 is 16.1 Å². The molecule has 0 bridgehead atoms. The molecule has 0 radical (unpaired) electrons. The smallest absolute Gasteiger partial charge is 0.238 e. The van der Waals surface area contributed by atoms with Gasteiger partial charge in [-0.3, -0.25) is 4.79 Å². The topological polar surface area (TPSA) is 66.5 Å². The summed E-state index contributed by atoms with van der Waals surface area (Å²) >= 11 is 0. The van der Waals surface area contributed by atoms with E-state index in [1.807, 2.05) is 6.92 Å². The molecular formula is C12H22N2O3S. The highest BCUT2D eigenvalue weighted by Crippen LogP contribution is 2.28. The predicted octanol–water partition coefficient (Wildman–Crippen LogP) is 0.717. The van der Waals surface area contributed by atoms with Gasteiger partial charge in [-0.1, -0.05) is 6.92 Å². The molecule has 1 atom stereocenters. The summed E-state index contributed by atoms with van der Waals surface area (Å²) in [5, 5.41) is 2.89. The molecule has 2 aliphatic rings. The molecule has 2 fully saturated rings. The summed E-state index contributed by atoms with van der Waals surface area (Å²) in [6.07, 6.45) is 4.39. The number of rotatable bonds is 6. The Balaban J connectivity index is 1.95. The van der Waals surface area contributed by atoms with E-state index in [0.29, 0.717) is 31.8 Å². The third-order valence-corrected chi connectivity index (χ3v) is 5.66. The van der Waals surface area contributed by atoms with Crippen molar-refractivity contribution in [2.24, 2.45) is 5.92 Å². The second kappa shape index (κ2) is 5.57. The van der Waals surface area contributed by atoms with Gasteiger partial charge >= 0.3 is 0 Å². The van der Waals surface area contributed by atoms with E-state index in [9.17, 15) is 13.2 Å². The lowest BCUT2D eigenvalue weighted by Crippen LogP contribution is -2.46. The summed E-state index contributed by atoms with van der Waals surface area (Å²) in [6, 6.07) is -0.472. The predicted molar refractivity (Wildman–Crippen MR) is 69.5 cm³/mol. The molecule has 0 aromatic rings. The number of hydrogen-bond acceptors (Lipinski definition) is 3. The third kappa shape index (κ3) is 3.23. The molecule has 1 amide bonds. The van der Waals surface area contributed by atoms with E-state index in [1.165, 1.54) is 17.1 Å². The first kappa shape index (κ1) is 13.8. The summed E-state index contributed by atoms with van der Waals surface area (Å²) in [5.74, 6) is 0.648. The number of carbonyl (C=O) groups is 1. The van der Waals surface area contributed by atoms with Gasteiger partial charge < -0.3 is 5.32 Å². The number of amides is 1. The summed E-state index contributed by atoms with van der Waals surface area (Å²) in [5.41, 5.74) is 0. The van der Waals surface area contributed by atoms with Crippen LogP contribution in [0.5, 0.6) is 0 Å². The number of nitrogens with zero attached hydrogens (tertiary/aromatic N) is 1. The maximum Gasteiger partial charge on any atom is 0.238 e. The van der Waals surface area contributed by atoms with Crippen LogP contribution >= 0.6 is 0 Å². The third-order valence-electron chi connectivity index (χ3n) is 3.59. The quantitative estimate of drug-likeness (QED) is 0.776. The van der Waals surface area contributed by atoms with Crippen molar-refractivity contribution in [2.75, 3.05) is 18.8 Å². The van der Waals surface area contributed by atoms with Crippen LogP contribution in [0.3, 0.4) is 0 Å². The number of sulfonamides is 1. The molecule has 5 nitrogen and oxygen atoms in total. The van der Waals surface area contributed by atoms with Crippen molar-refractivity contribution in [3.63, 3.8) is 0 Å². The zero-order chi connectivity index (χ0) is 13.2. The molecule has 0 aromatic carbocycles. The minimum Gasteiger partial charge on any atom is -0.354 e. The highest BCUT2D eigenvalue weighted by molar-refractivity contribution is 7.89. The van der Waals surface area contributed by atoms with Crippen molar-refractivity contribution in [3.8, 4) is 0 Å². The molecule has 6 heteroatoms. The molecule has 0 unspecified atom stereocenters. The van der Waals surface area contributed by atoms with E-state index in [1.54, 1.807) is 0 Å². The monoisotopic (exact) mass is 274 g/mol. The Bertz CT molecular complexity index is 404. The molecule has 18 heavy (non-hydrogen) atoms. The van der Waals surface area contributed by atoms with Crippen molar-refractivity contribution < 1.29 is 13.2 Å². The average Bonchev–Trinajstić information content (AvgIpc) is 2.99. The fraction of sp³-hybridized carbons (Fsp3) is 0.917. The fourth-order valence-corrected chi connectivity index (χ4v) is 4.14. The van der Waals surface area contributed by atoms with Gasteiger partial charge in [-0.2, -0.15) is 4.31 Å². The van der Waals surface area contributed by atoms with E-state index in [2.05, 4.69) is 5.32 Å². The Morgan fingerprint density at radius 1 is 1.33 bits per heavy atom. The highest BCUT2D eigenvalue weighted by Gasteiger charge is 2.38. The Hall–Kier alpha value is -0.620. The summed E-state index contributed by atoms with van der Waals surface area (Å²) in [6.45, 7) is 3.04. The fourth-order valence-electron chi connectivity index (χ4n) is 2.40. The largest absolute Gasteiger partial charge is 0.354 e. The molecule has 1 N–H and O–H groups in total. The van der Waals surface area contributed by atoms with Crippen LogP contribution in [0.2, 0.25) is 0 Å². The molecular weight excluding hydrogens is 252 g/mol. The van der Waals surface area contributed by atoms with Crippen molar-refractivity contribution in [2.45, 2.75) is 45.1 Å². The Morgan fingerprint density at radius 2 is 2.06 bits per heavy atom. The van der Waals surface area contributed by atoms with Gasteiger partial charge in [0, 0.05) is 13.1 Å². The van der Waals surface area contributed by atoms with Crippen LogP contribution in [0.4, 0.5) is 0 Å². The normalized spacial score (nSPS) is 25.3. The van der Waals surface area contributed by atoms with Crippen LogP contribution in [-0.4, -0.2) is 43.5 Å². The zero-order valence-corrected chi connectivity index (χ0v) is 11.7. The van der Waals surface area contributed by atoms with Crippen LogP contribution in [0.25, 0.3) is 0 Å². The van der Waals surface area contributed by atoms with Gasteiger partial charge in [0.2, 0.25) is 15.9 Å². The van der Waals surface area contributed by atoms with Crippen molar-refractivity contribution in [1.29, 1.82) is 0 Å². The van der Waals surface area contributed by atoms with E-state index in [4.69, 9.17) is 0 Å². The molecule has 1 saturated carbocycles. The van der Waals surface area contributed by atoms with Gasteiger partial charge in [0.05, 0.1) is 5.75 Å². The highest BCUT2D eigenvalue weighted by atomic mass is 32.2. The molecule has 0 spiro atoms.